The van der Waals surface area contributed by atoms with Crippen molar-refractivity contribution < 1.29 is 9.21 Å². The van der Waals surface area contributed by atoms with Crippen LogP contribution in [-0.4, -0.2) is 26.8 Å². The van der Waals surface area contributed by atoms with E-state index in [-0.39, 0.29) is 11.7 Å². The monoisotopic (exact) mass is 371 g/mol. The summed E-state index contributed by atoms with van der Waals surface area (Å²) in [7, 11) is 0. The fourth-order valence-electron chi connectivity index (χ4n) is 2.02. The molecule has 0 unspecified atom stereocenters. The number of nitrogens with one attached hydrogen (secondary N) is 1. The van der Waals surface area contributed by atoms with Crippen molar-refractivity contribution in [2.45, 2.75) is 18.6 Å². The maximum Gasteiger partial charge on any atom is 0.277 e. The first-order chi connectivity index (χ1) is 12.1. The Bertz CT molecular complexity index is 929. The van der Waals surface area contributed by atoms with E-state index in [2.05, 4.69) is 20.5 Å². The van der Waals surface area contributed by atoms with Gasteiger partial charge in [-0.3, -0.25) is 4.79 Å². The Morgan fingerprint density at radius 3 is 3.00 bits per heavy atom. The van der Waals surface area contributed by atoms with Crippen molar-refractivity contribution in [3.63, 3.8) is 0 Å². The number of aromatic nitrogens is 3. The number of benzene rings is 1. The van der Waals surface area contributed by atoms with E-state index >= 15 is 0 Å². The maximum atomic E-state index is 12.0. The second-order valence-electron chi connectivity index (χ2n) is 4.99. The van der Waals surface area contributed by atoms with Crippen molar-refractivity contribution in [2.75, 3.05) is 11.1 Å². The predicted molar refractivity (Wildman–Crippen MR) is 94.5 cm³/mol. The number of thioether (sulfide) groups is 1. The van der Waals surface area contributed by atoms with Gasteiger partial charge in [0.25, 0.3) is 5.22 Å². The minimum atomic E-state index is -0.248. The number of hydrogen-bond acceptors (Lipinski definition) is 8. The van der Waals surface area contributed by atoms with E-state index < -0.39 is 0 Å². The van der Waals surface area contributed by atoms with Gasteiger partial charge in [0.1, 0.15) is 6.07 Å². The Labute approximate surface area is 152 Å². The van der Waals surface area contributed by atoms with Crippen LogP contribution in [0.4, 0.5) is 5.69 Å². The summed E-state index contributed by atoms with van der Waals surface area (Å²) in [5.74, 6) is 0.322. The molecule has 0 radical (unpaired) electrons. The second-order valence-corrected chi connectivity index (χ2v) is 6.98. The average Bonchev–Trinajstić information content (AvgIpc) is 3.23. The molecule has 9 heteroatoms. The van der Waals surface area contributed by atoms with Crippen LogP contribution in [-0.2, 0) is 11.2 Å². The third kappa shape index (κ3) is 4.65. The molecule has 1 aromatic carbocycles. The molecule has 7 nitrogen and oxygen atoms in total. The molecule has 0 bridgehead atoms. The zero-order valence-electron chi connectivity index (χ0n) is 13.2. The van der Waals surface area contributed by atoms with Gasteiger partial charge in [-0.05, 0) is 19.1 Å². The third-order valence-electron chi connectivity index (χ3n) is 3.10. The van der Waals surface area contributed by atoms with Crippen LogP contribution < -0.4 is 5.32 Å². The van der Waals surface area contributed by atoms with Crippen LogP contribution in [0, 0.1) is 18.3 Å². The quantitative estimate of drug-likeness (QED) is 0.664. The van der Waals surface area contributed by atoms with Gasteiger partial charge >= 0.3 is 0 Å². The van der Waals surface area contributed by atoms with Gasteiger partial charge in [0, 0.05) is 5.38 Å². The molecule has 0 saturated heterocycles. The van der Waals surface area contributed by atoms with Crippen LogP contribution in [0.25, 0.3) is 0 Å². The molecule has 1 amide bonds. The Morgan fingerprint density at radius 2 is 2.24 bits per heavy atom. The second kappa shape index (κ2) is 7.92. The van der Waals surface area contributed by atoms with E-state index in [4.69, 9.17) is 9.68 Å². The number of thiazole rings is 1. The Hall–Kier alpha value is -2.70. The molecule has 0 fully saturated rings. The lowest BCUT2D eigenvalue weighted by molar-refractivity contribution is -0.113. The molecule has 3 aromatic rings. The van der Waals surface area contributed by atoms with Gasteiger partial charge in [-0.1, -0.05) is 23.9 Å². The molecule has 0 atom stereocenters. The number of anilines is 1. The van der Waals surface area contributed by atoms with Crippen LogP contribution >= 0.6 is 23.1 Å². The largest absolute Gasteiger partial charge is 0.416 e. The van der Waals surface area contributed by atoms with Crippen LogP contribution in [0.1, 0.15) is 22.2 Å². The van der Waals surface area contributed by atoms with Gasteiger partial charge in [-0.2, -0.15) is 5.26 Å². The summed E-state index contributed by atoms with van der Waals surface area (Å²) < 4.78 is 5.52. The van der Waals surface area contributed by atoms with Gasteiger partial charge in [0.2, 0.25) is 11.8 Å². The van der Waals surface area contributed by atoms with Crippen molar-refractivity contribution in [2.24, 2.45) is 0 Å². The summed E-state index contributed by atoms with van der Waals surface area (Å²) >= 11 is 2.71. The number of amides is 1. The minimum absolute atomic E-state index is 0.108. The summed E-state index contributed by atoms with van der Waals surface area (Å²) in [4.78, 5) is 16.4. The van der Waals surface area contributed by atoms with Gasteiger partial charge in [0.05, 0.1) is 34.1 Å². The molecule has 1 N–H and O–H groups in total. The van der Waals surface area contributed by atoms with Crippen LogP contribution in [0.15, 0.2) is 39.3 Å². The molecule has 0 aliphatic carbocycles. The summed E-state index contributed by atoms with van der Waals surface area (Å²) in [6, 6.07) is 8.86. The lowest BCUT2D eigenvalue weighted by Crippen LogP contribution is -2.14. The lowest BCUT2D eigenvalue weighted by Gasteiger charge is -2.05. The number of carbonyl (C=O) groups is 1. The number of aryl methyl sites for hydroxylation is 1. The summed E-state index contributed by atoms with van der Waals surface area (Å²) in [6.45, 7) is 1.94. The van der Waals surface area contributed by atoms with Gasteiger partial charge in [-0.15, -0.1) is 21.5 Å². The van der Waals surface area contributed by atoms with Gasteiger partial charge in [-0.25, -0.2) is 4.98 Å². The summed E-state index contributed by atoms with van der Waals surface area (Å²) in [6.07, 6.45) is 0.472. The topological polar surface area (TPSA) is 105 Å². The zero-order valence-corrected chi connectivity index (χ0v) is 14.9. The third-order valence-corrected chi connectivity index (χ3v) is 4.74. The van der Waals surface area contributed by atoms with Gasteiger partial charge < -0.3 is 9.73 Å². The zero-order chi connectivity index (χ0) is 17.6. The van der Waals surface area contributed by atoms with Crippen LogP contribution in [0.5, 0.6) is 0 Å². The molecule has 3 rings (SSSR count). The Balaban J connectivity index is 1.53. The minimum Gasteiger partial charge on any atom is -0.416 e. The number of carbonyl (C=O) groups excluding carboxylic acids is 1. The molecule has 0 aliphatic heterocycles. The highest BCUT2D eigenvalue weighted by molar-refractivity contribution is 7.99. The fourth-order valence-corrected chi connectivity index (χ4v) is 3.21. The van der Waals surface area contributed by atoms with Crippen LogP contribution in [0.3, 0.4) is 0 Å². The molecule has 2 aromatic heterocycles. The number of nitrogens with zero attached hydrogens (tertiary/aromatic N) is 4. The van der Waals surface area contributed by atoms with E-state index in [1.54, 1.807) is 35.6 Å². The Kier molecular flexibility index (Phi) is 5.42. The van der Waals surface area contributed by atoms with E-state index in [9.17, 15) is 4.79 Å². The highest BCUT2D eigenvalue weighted by atomic mass is 32.2. The number of nitriles is 1. The first kappa shape index (κ1) is 17.1. The normalized spacial score (nSPS) is 10.4. The standard InChI is InChI=1S/C16H13N5O2S2/c1-10-18-12(8-24-10)6-15-20-21-16(23-15)25-9-14(22)19-13-5-3-2-4-11(13)7-17/h2-5,8H,6,9H2,1H3,(H,19,22). The molecule has 2 heterocycles. The Morgan fingerprint density at radius 1 is 1.40 bits per heavy atom. The summed E-state index contributed by atoms with van der Waals surface area (Å²) in [5.41, 5.74) is 1.79. The average molecular weight is 371 g/mol. The van der Waals surface area contributed by atoms with E-state index in [1.807, 2.05) is 18.4 Å². The fraction of sp³-hybridized carbons (Fsp3) is 0.188. The van der Waals surface area contributed by atoms with Crippen molar-refractivity contribution >= 4 is 34.7 Å². The molecule has 0 saturated carbocycles. The van der Waals surface area contributed by atoms with Crippen molar-refractivity contribution in [3.8, 4) is 6.07 Å². The molecular weight excluding hydrogens is 358 g/mol. The van der Waals surface area contributed by atoms with Crippen molar-refractivity contribution in [3.05, 3.63) is 51.8 Å². The molecule has 0 aliphatic rings. The molecule has 25 heavy (non-hydrogen) atoms. The smallest absolute Gasteiger partial charge is 0.277 e. The first-order valence-electron chi connectivity index (χ1n) is 7.29. The van der Waals surface area contributed by atoms with E-state index in [0.717, 1.165) is 22.5 Å². The SMILES string of the molecule is Cc1nc(Cc2nnc(SCC(=O)Nc3ccccc3C#N)o2)cs1. The van der Waals surface area contributed by atoms with Crippen molar-refractivity contribution in [1.82, 2.24) is 15.2 Å². The molecule has 0 spiro atoms. The van der Waals surface area contributed by atoms with E-state index in [0.29, 0.717) is 28.8 Å². The van der Waals surface area contributed by atoms with Crippen LogP contribution in [0.2, 0.25) is 0 Å². The predicted octanol–water partition coefficient (Wildman–Crippen LogP) is 3.03. The van der Waals surface area contributed by atoms with Crippen molar-refractivity contribution in [1.29, 1.82) is 5.26 Å². The number of hydrogen-bond donors (Lipinski definition) is 1. The summed E-state index contributed by atoms with van der Waals surface area (Å²) in [5, 5.41) is 22.9. The highest BCUT2D eigenvalue weighted by Gasteiger charge is 2.12. The van der Waals surface area contributed by atoms with Gasteiger partial charge in [0.15, 0.2) is 0 Å². The lowest BCUT2D eigenvalue weighted by atomic mass is 10.2. The molecule has 126 valence electrons. The highest BCUT2D eigenvalue weighted by Crippen LogP contribution is 2.20. The number of para-hydroxylation sites is 1. The van der Waals surface area contributed by atoms with E-state index in [1.165, 1.54) is 0 Å². The number of rotatable bonds is 6. The first-order valence-corrected chi connectivity index (χ1v) is 9.15. The molecular formula is C16H13N5O2S2. The maximum absolute atomic E-state index is 12.0.